The van der Waals surface area contributed by atoms with Gasteiger partial charge in [0.1, 0.15) is 24.2 Å². The SMILES string of the molecule is CCC(C)(C)[C@H](NC(=O)N[C@H](C(=O)N1CC[C@H](C(C)C)[C@H]1C(=O)NC(CC1CC1)C(=O)C(N)=O)C(C)(C)C)C(=O)OC1CCCC1. The summed E-state index contributed by atoms with van der Waals surface area (Å²) in [6, 6.07) is -4.61. The van der Waals surface area contributed by atoms with Crippen LogP contribution in [0.25, 0.3) is 0 Å². The lowest BCUT2D eigenvalue weighted by molar-refractivity contribution is -0.154. The van der Waals surface area contributed by atoms with Crippen LogP contribution in [0.1, 0.15) is 113 Å². The van der Waals surface area contributed by atoms with Crippen molar-refractivity contribution in [3.05, 3.63) is 0 Å². The van der Waals surface area contributed by atoms with Crippen LogP contribution in [-0.4, -0.2) is 77.2 Å². The highest BCUT2D eigenvalue weighted by Gasteiger charge is 2.48. The van der Waals surface area contributed by atoms with Gasteiger partial charge < -0.3 is 31.3 Å². The largest absolute Gasteiger partial charge is 0.461 e. The fourth-order valence-corrected chi connectivity index (χ4v) is 6.58. The minimum absolute atomic E-state index is 0.0366. The second-order valence-corrected chi connectivity index (χ2v) is 15.7. The number of nitrogens with two attached hydrogens (primary N) is 1. The number of urea groups is 1. The van der Waals surface area contributed by atoms with Crippen LogP contribution >= 0.6 is 0 Å². The third-order valence-electron chi connectivity index (χ3n) is 10.2. The maximum Gasteiger partial charge on any atom is 0.329 e. The monoisotopic (exact) mass is 647 g/mol. The lowest BCUT2D eigenvalue weighted by Crippen LogP contribution is -2.62. The summed E-state index contributed by atoms with van der Waals surface area (Å²) < 4.78 is 5.78. The first-order chi connectivity index (χ1) is 21.4. The third-order valence-corrected chi connectivity index (χ3v) is 10.2. The van der Waals surface area contributed by atoms with Crippen molar-refractivity contribution in [3.63, 3.8) is 0 Å². The highest BCUT2D eigenvalue weighted by molar-refractivity contribution is 6.37. The predicted octanol–water partition coefficient (Wildman–Crippen LogP) is 3.20. The molecule has 0 aromatic carbocycles. The second-order valence-electron chi connectivity index (χ2n) is 15.7. The van der Waals surface area contributed by atoms with Crippen molar-refractivity contribution >= 4 is 35.5 Å². The zero-order valence-corrected chi connectivity index (χ0v) is 29.1. The number of carbonyl (C=O) groups excluding carboxylic acids is 6. The van der Waals surface area contributed by atoms with Crippen molar-refractivity contribution in [1.29, 1.82) is 0 Å². The fraction of sp³-hybridized carbons (Fsp3) is 0.824. The Labute approximate surface area is 274 Å². The number of hydrogen-bond acceptors (Lipinski definition) is 7. The van der Waals surface area contributed by atoms with E-state index in [4.69, 9.17) is 10.5 Å². The molecular formula is C34H57N5O7. The Kier molecular flexibility index (Phi) is 12.3. The van der Waals surface area contributed by atoms with Gasteiger partial charge in [-0.25, -0.2) is 9.59 Å². The quantitative estimate of drug-likeness (QED) is 0.165. The highest BCUT2D eigenvalue weighted by atomic mass is 16.5. The number of nitrogens with zero attached hydrogens (tertiary/aromatic N) is 1. The lowest BCUT2D eigenvalue weighted by atomic mass is 9.81. The molecule has 2 aliphatic carbocycles. The number of nitrogens with one attached hydrogen (secondary N) is 3. The first-order valence-electron chi connectivity index (χ1n) is 17.1. The Bertz CT molecular complexity index is 1150. The van der Waals surface area contributed by atoms with Crippen molar-refractivity contribution in [3.8, 4) is 0 Å². The molecule has 1 aliphatic heterocycles. The van der Waals surface area contributed by atoms with Crippen LogP contribution in [0.5, 0.6) is 0 Å². The topological polar surface area (TPSA) is 177 Å². The molecule has 0 bridgehead atoms. The zero-order chi connectivity index (χ0) is 34.6. The smallest absolute Gasteiger partial charge is 0.329 e. The summed E-state index contributed by atoms with van der Waals surface area (Å²) in [5.74, 6) is -3.33. The zero-order valence-electron chi connectivity index (χ0n) is 29.1. The number of likely N-dealkylation sites (tertiary alicyclic amines) is 1. The van der Waals surface area contributed by atoms with Gasteiger partial charge in [0.15, 0.2) is 0 Å². The van der Waals surface area contributed by atoms with Gasteiger partial charge in [-0.05, 0) is 73.5 Å². The molecule has 5 atom stereocenters. The Morgan fingerprint density at radius 3 is 1.96 bits per heavy atom. The second kappa shape index (κ2) is 15.2. The number of hydrogen-bond donors (Lipinski definition) is 4. The summed E-state index contributed by atoms with van der Waals surface area (Å²) in [4.78, 5) is 80.9. The van der Waals surface area contributed by atoms with Gasteiger partial charge in [-0.2, -0.15) is 0 Å². The van der Waals surface area contributed by atoms with E-state index in [1.165, 1.54) is 4.90 Å². The first kappa shape index (κ1) is 37.3. The summed E-state index contributed by atoms with van der Waals surface area (Å²) in [5.41, 5.74) is 3.92. The van der Waals surface area contributed by atoms with Crippen molar-refractivity contribution in [2.24, 2.45) is 34.3 Å². The highest BCUT2D eigenvalue weighted by Crippen LogP contribution is 2.36. The first-order valence-corrected chi connectivity index (χ1v) is 17.1. The van der Waals surface area contributed by atoms with Crippen LogP contribution in [0.15, 0.2) is 0 Å². The van der Waals surface area contributed by atoms with Crippen molar-refractivity contribution < 1.29 is 33.5 Å². The Morgan fingerprint density at radius 1 is 0.870 bits per heavy atom. The Hall–Kier alpha value is -3.18. The molecule has 5 amide bonds. The number of Topliss-reactive ketones (excluding diaryl/α,β-unsaturated/α-hetero) is 1. The predicted molar refractivity (Wildman–Crippen MR) is 173 cm³/mol. The summed E-state index contributed by atoms with van der Waals surface area (Å²) >= 11 is 0. The van der Waals surface area contributed by atoms with E-state index in [-0.39, 0.29) is 30.4 Å². The standard InChI is InChI=1S/C34H57N5O7/c1-9-34(7,8)27(31(44)46-21-12-10-11-13-21)38-32(45)37-26(33(4,5)6)30(43)39-17-16-22(19(2)3)24(39)29(42)36-23(18-20-14-15-20)25(40)28(35)41/h19-24,26-27H,9-18H2,1-8H3,(H2,35,41)(H,36,42)(H2,37,38,45)/t22-,23?,24+,26-,27-/m1/s1. The van der Waals surface area contributed by atoms with Gasteiger partial charge in [0, 0.05) is 6.54 Å². The molecule has 0 aromatic heterocycles. The molecule has 12 nitrogen and oxygen atoms in total. The van der Waals surface area contributed by atoms with Crippen LogP contribution in [0.3, 0.4) is 0 Å². The molecule has 5 N–H and O–H groups in total. The molecular weight excluding hydrogens is 590 g/mol. The number of ether oxygens (including phenoxy) is 1. The molecule has 3 rings (SSSR count). The third kappa shape index (κ3) is 9.44. The average Bonchev–Trinajstić information content (AvgIpc) is 3.43. The van der Waals surface area contributed by atoms with E-state index < -0.39 is 70.5 Å². The van der Waals surface area contributed by atoms with Crippen LogP contribution < -0.4 is 21.7 Å². The van der Waals surface area contributed by atoms with E-state index in [1.807, 2.05) is 55.4 Å². The van der Waals surface area contributed by atoms with Crippen LogP contribution in [-0.2, 0) is 28.7 Å². The number of primary amides is 1. The Morgan fingerprint density at radius 2 is 1.46 bits per heavy atom. The summed E-state index contributed by atoms with van der Waals surface area (Å²) in [7, 11) is 0. The van der Waals surface area contributed by atoms with Gasteiger partial charge in [0.2, 0.25) is 17.6 Å². The molecule has 3 fully saturated rings. The molecule has 12 heteroatoms. The molecule has 3 aliphatic rings. The molecule has 1 heterocycles. The number of ketones is 1. The van der Waals surface area contributed by atoms with Gasteiger partial charge in [0.25, 0.3) is 5.91 Å². The number of amides is 5. The molecule has 1 unspecified atom stereocenters. The van der Waals surface area contributed by atoms with Crippen molar-refractivity contribution in [1.82, 2.24) is 20.9 Å². The summed E-state index contributed by atoms with van der Waals surface area (Å²) in [5, 5.41) is 8.39. The van der Waals surface area contributed by atoms with E-state index in [0.29, 0.717) is 19.3 Å². The van der Waals surface area contributed by atoms with E-state index in [0.717, 1.165) is 38.5 Å². The molecule has 260 valence electrons. The van der Waals surface area contributed by atoms with Gasteiger partial charge in [-0.15, -0.1) is 0 Å². The summed E-state index contributed by atoms with van der Waals surface area (Å²) in [6.45, 7) is 15.4. The van der Waals surface area contributed by atoms with Gasteiger partial charge in [0.05, 0.1) is 6.04 Å². The van der Waals surface area contributed by atoms with E-state index in [2.05, 4.69) is 16.0 Å². The molecule has 0 spiro atoms. The molecule has 0 aromatic rings. The number of rotatable bonds is 14. The molecule has 2 saturated carbocycles. The van der Waals surface area contributed by atoms with E-state index in [1.54, 1.807) is 0 Å². The normalized spacial score (nSPS) is 22.6. The summed E-state index contributed by atoms with van der Waals surface area (Å²) in [6.07, 6.45) is 6.75. The van der Waals surface area contributed by atoms with Gasteiger partial charge in [-0.3, -0.25) is 19.2 Å². The van der Waals surface area contributed by atoms with Crippen LogP contribution in [0, 0.1) is 28.6 Å². The van der Waals surface area contributed by atoms with Crippen LogP contribution in [0.2, 0.25) is 0 Å². The lowest BCUT2D eigenvalue weighted by Gasteiger charge is -2.38. The average molecular weight is 648 g/mol. The number of esters is 1. The van der Waals surface area contributed by atoms with Crippen LogP contribution in [0.4, 0.5) is 4.79 Å². The van der Waals surface area contributed by atoms with Gasteiger partial charge in [-0.1, -0.05) is 68.2 Å². The fourth-order valence-electron chi connectivity index (χ4n) is 6.58. The molecule has 0 radical (unpaired) electrons. The maximum absolute atomic E-state index is 14.3. The van der Waals surface area contributed by atoms with Crippen molar-refractivity contribution in [2.75, 3.05) is 6.54 Å². The Balaban J connectivity index is 1.82. The van der Waals surface area contributed by atoms with Crippen molar-refractivity contribution in [2.45, 2.75) is 143 Å². The van der Waals surface area contributed by atoms with Gasteiger partial charge >= 0.3 is 12.0 Å². The minimum atomic E-state index is -1.11. The van der Waals surface area contributed by atoms with E-state index in [9.17, 15) is 28.8 Å². The maximum atomic E-state index is 14.3. The number of carbonyl (C=O) groups is 6. The van der Waals surface area contributed by atoms with E-state index >= 15 is 0 Å². The molecule has 1 saturated heterocycles. The molecule has 46 heavy (non-hydrogen) atoms. The minimum Gasteiger partial charge on any atom is -0.461 e.